The summed E-state index contributed by atoms with van der Waals surface area (Å²) in [6.45, 7) is 8.76. The second-order valence-electron chi connectivity index (χ2n) is 10.7. The second-order valence-corrected chi connectivity index (χ2v) is 10.7. The molecular formula is C25H42O5. The molecule has 1 spiro atoms. The number of hydrogen-bond acceptors (Lipinski definition) is 5. The van der Waals surface area contributed by atoms with Gasteiger partial charge in [-0.25, -0.2) is 9.78 Å². The lowest BCUT2D eigenvalue weighted by atomic mass is 9.57. The van der Waals surface area contributed by atoms with Gasteiger partial charge in [0.2, 0.25) is 5.79 Å². The highest BCUT2D eigenvalue weighted by atomic mass is 17.3. The topological polar surface area (TPSA) is 54.0 Å². The first-order valence-corrected chi connectivity index (χ1v) is 12.6. The number of ketones is 1. The van der Waals surface area contributed by atoms with Crippen molar-refractivity contribution < 1.29 is 24.0 Å². The first-order valence-electron chi connectivity index (χ1n) is 12.6. The number of Topliss-reactive ketones (excluding diaryl/α,β-unsaturated/α-hetero) is 1. The zero-order chi connectivity index (χ0) is 21.4. The highest BCUT2D eigenvalue weighted by molar-refractivity contribution is 5.78. The summed E-state index contributed by atoms with van der Waals surface area (Å²) < 4.78 is 12.9. The van der Waals surface area contributed by atoms with E-state index in [4.69, 9.17) is 19.2 Å². The zero-order valence-corrected chi connectivity index (χ0v) is 19.5. The van der Waals surface area contributed by atoms with Crippen molar-refractivity contribution in [3.8, 4) is 0 Å². The van der Waals surface area contributed by atoms with E-state index >= 15 is 0 Å². The summed E-state index contributed by atoms with van der Waals surface area (Å²) in [5.74, 6) is 1.11. The van der Waals surface area contributed by atoms with E-state index in [1.54, 1.807) is 0 Å². The second kappa shape index (κ2) is 9.17. The minimum absolute atomic E-state index is 0.0844. The third-order valence-electron chi connectivity index (χ3n) is 8.53. The molecule has 0 radical (unpaired) electrons. The fraction of sp³-hybridized carbons (Fsp3) is 0.960. The first-order chi connectivity index (χ1) is 14.4. The summed E-state index contributed by atoms with van der Waals surface area (Å²) in [4.78, 5) is 24.8. The number of rotatable bonds is 9. The van der Waals surface area contributed by atoms with E-state index in [2.05, 4.69) is 20.8 Å². The van der Waals surface area contributed by atoms with E-state index < -0.39 is 17.7 Å². The quantitative estimate of drug-likeness (QED) is 0.340. The molecule has 5 nitrogen and oxygen atoms in total. The van der Waals surface area contributed by atoms with Gasteiger partial charge in [0.05, 0.1) is 6.10 Å². The van der Waals surface area contributed by atoms with Crippen LogP contribution in [-0.4, -0.2) is 29.6 Å². The smallest absolute Gasteiger partial charge is 0.201 e. The van der Waals surface area contributed by atoms with Gasteiger partial charge in [0.25, 0.3) is 0 Å². The van der Waals surface area contributed by atoms with Crippen LogP contribution in [-0.2, 0) is 24.0 Å². The van der Waals surface area contributed by atoms with E-state index in [0.29, 0.717) is 36.4 Å². The fourth-order valence-corrected chi connectivity index (χ4v) is 6.64. The molecular weight excluding hydrogens is 380 g/mol. The summed E-state index contributed by atoms with van der Waals surface area (Å²) >= 11 is 0. The van der Waals surface area contributed by atoms with Crippen molar-refractivity contribution in [3.05, 3.63) is 0 Å². The molecule has 5 heteroatoms. The Labute approximate surface area is 182 Å². The van der Waals surface area contributed by atoms with Gasteiger partial charge in [0.1, 0.15) is 5.78 Å². The van der Waals surface area contributed by atoms with Crippen molar-refractivity contribution in [1.29, 1.82) is 0 Å². The summed E-state index contributed by atoms with van der Waals surface area (Å²) in [6, 6.07) is 0. The van der Waals surface area contributed by atoms with Crippen LogP contribution in [0.1, 0.15) is 105 Å². The van der Waals surface area contributed by atoms with Crippen LogP contribution < -0.4 is 0 Å². The Morgan fingerprint density at radius 1 is 0.967 bits per heavy atom. The molecule has 0 N–H and O–H groups in total. The predicted molar refractivity (Wildman–Crippen MR) is 114 cm³/mol. The fourth-order valence-electron chi connectivity index (χ4n) is 6.64. The first kappa shape index (κ1) is 22.7. The maximum atomic E-state index is 12.7. The van der Waals surface area contributed by atoms with E-state index in [1.807, 2.05) is 6.92 Å². The molecule has 8 atom stereocenters. The minimum atomic E-state index is -0.745. The molecule has 30 heavy (non-hydrogen) atoms. The van der Waals surface area contributed by atoms with Crippen molar-refractivity contribution in [2.75, 3.05) is 0 Å². The summed E-state index contributed by atoms with van der Waals surface area (Å²) in [5, 5.41) is 0. The average molecular weight is 423 g/mol. The molecule has 172 valence electrons. The molecule has 0 amide bonds. The van der Waals surface area contributed by atoms with E-state index in [1.165, 1.54) is 32.1 Å². The normalized spacial score (nSPS) is 45.1. The molecule has 0 unspecified atom stereocenters. The predicted octanol–water partition coefficient (Wildman–Crippen LogP) is 5.95. The Balaban J connectivity index is 1.41. The SMILES string of the molecule is CCCCCCCCC(=O)C[C@H]1O[C@@H]2O[C@@]3(C)CC[C@H]4[C@H](C)CC[C@@H]([C@H]1C)[C@@]24OO3. The molecule has 1 aliphatic carbocycles. The molecule has 4 aliphatic heterocycles. The minimum Gasteiger partial charge on any atom is -0.345 e. The Kier molecular flexibility index (Phi) is 6.94. The number of unbranched alkanes of at least 4 members (excludes halogenated alkanes) is 5. The lowest BCUT2D eigenvalue weighted by Gasteiger charge is -2.60. The van der Waals surface area contributed by atoms with Crippen LogP contribution in [0.25, 0.3) is 0 Å². The van der Waals surface area contributed by atoms with Gasteiger partial charge in [-0.3, -0.25) is 4.79 Å². The molecule has 5 rings (SSSR count). The van der Waals surface area contributed by atoms with Crippen LogP contribution in [0, 0.1) is 23.7 Å². The van der Waals surface area contributed by atoms with E-state index in [9.17, 15) is 4.79 Å². The maximum Gasteiger partial charge on any atom is 0.201 e. The van der Waals surface area contributed by atoms with Gasteiger partial charge < -0.3 is 9.47 Å². The number of fused-ring (bicyclic) bond motifs is 2. The molecule has 5 fully saturated rings. The molecule has 4 heterocycles. The Morgan fingerprint density at radius 3 is 2.53 bits per heavy atom. The van der Waals surface area contributed by atoms with Crippen LogP contribution in [0.4, 0.5) is 0 Å². The van der Waals surface area contributed by atoms with Crippen LogP contribution in [0.3, 0.4) is 0 Å². The van der Waals surface area contributed by atoms with Crippen molar-refractivity contribution in [2.45, 2.75) is 129 Å². The summed E-state index contributed by atoms with van der Waals surface area (Å²) in [5.41, 5.74) is -0.522. The number of carbonyl (C=O) groups is 1. The number of carbonyl (C=O) groups excluding carboxylic acids is 1. The average Bonchev–Trinajstić information content (AvgIpc) is 2.94. The van der Waals surface area contributed by atoms with E-state index in [0.717, 1.165) is 32.1 Å². The lowest BCUT2D eigenvalue weighted by molar-refractivity contribution is -0.570. The molecule has 4 saturated heterocycles. The lowest BCUT2D eigenvalue weighted by Crippen LogP contribution is -2.70. The largest absolute Gasteiger partial charge is 0.345 e. The molecule has 1 saturated carbocycles. The standard InChI is InChI=1S/C25H42O5/c1-5-6-7-8-9-10-11-19(26)16-22-18(3)21-13-12-17(2)20-14-15-24(4)28-23(27-22)25(20,21)30-29-24/h17-18,20-23H,5-16H2,1-4H3/t17-,18-,20+,21+,22-,23-,24-,25-/m1/s1. The van der Waals surface area contributed by atoms with Crippen molar-refractivity contribution in [1.82, 2.24) is 0 Å². The van der Waals surface area contributed by atoms with Gasteiger partial charge in [0.15, 0.2) is 11.9 Å². The number of hydrogen-bond donors (Lipinski definition) is 0. The zero-order valence-electron chi connectivity index (χ0n) is 19.5. The van der Waals surface area contributed by atoms with Gasteiger partial charge in [-0.15, -0.1) is 0 Å². The molecule has 2 bridgehead atoms. The van der Waals surface area contributed by atoms with E-state index in [-0.39, 0.29) is 12.0 Å². The van der Waals surface area contributed by atoms with Crippen LogP contribution in [0.15, 0.2) is 0 Å². The van der Waals surface area contributed by atoms with Gasteiger partial charge in [-0.1, -0.05) is 52.9 Å². The monoisotopic (exact) mass is 422 g/mol. The maximum absolute atomic E-state index is 12.7. The number of ether oxygens (including phenoxy) is 2. The van der Waals surface area contributed by atoms with Gasteiger partial charge in [-0.05, 0) is 50.4 Å². The van der Waals surface area contributed by atoms with Crippen molar-refractivity contribution in [3.63, 3.8) is 0 Å². The van der Waals surface area contributed by atoms with Crippen LogP contribution >= 0.6 is 0 Å². The van der Waals surface area contributed by atoms with Crippen molar-refractivity contribution in [2.24, 2.45) is 23.7 Å². The highest BCUT2D eigenvalue weighted by Crippen LogP contribution is 2.60. The van der Waals surface area contributed by atoms with Crippen LogP contribution in [0.2, 0.25) is 0 Å². The third kappa shape index (κ3) is 4.12. The van der Waals surface area contributed by atoms with Gasteiger partial charge >= 0.3 is 0 Å². The highest BCUT2D eigenvalue weighted by Gasteiger charge is 2.69. The molecule has 5 aliphatic rings. The van der Waals surface area contributed by atoms with Crippen LogP contribution in [0.5, 0.6) is 0 Å². The molecule has 0 aromatic carbocycles. The van der Waals surface area contributed by atoms with Gasteiger partial charge in [-0.2, -0.15) is 0 Å². The third-order valence-corrected chi connectivity index (χ3v) is 8.53. The Bertz CT molecular complexity index is 608. The van der Waals surface area contributed by atoms with Crippen molar-refractivity contribution >= 4 is 5.78 Å². The molecule has 0 aromatic rings. The molecule has 0 aromatic heterocycles. The Morgan fingerprint density at radius 2 is 1.73 bits per heavy atom. The Hall–Kier alpha value is -0.490. The summed E-state index contributed by atoms with van der Waals surface area (Å²) in [6.07, 6.45) is 12.1. The van der Waals surface area contributed by atoms with Gasteiger partial charge in [0, 0.05) is 25.2 Å². The summed E-state index contributed by atoms with van der Waals surface area (Å²) in [7, 11) is 0.